The number of alkyl carbamates (subject to hydrolysis) is 2. The number of ether oxygens (including phenoxy) is 2. The van der Waals surface area contributed by atoms with E-state index in [0.29, 0.717) is 36.9 Å². The first-order chi connectivity index (χ1) is 26.9. The number of benzene rings is 2. The fourth-order valence-corrected chi connectivity index (χ4v) is 7.38. The number of nitriles is 1. The standard InChI is InChI=1S/C41H47N9O6/c1-23(2)34(47-40(53)55-5)38(51)49-17-7-9-32(49)36-43-22-31(46-36)28-15-14-26-19-25(11-13-27(26)20-28)12-16-29-30(21-42)45-37(44-29)33-10-8-18-50(33)39(52)35(24(3)4)48-41(54)56-6/h11,13-15,19-20,22-24,32-35H,7-10,17-18H2,1-6H3,(H,43,46)(H,44,45)(H,47,53)(H,48,54)/t32-,33-,34-,35-/m0/s1. The molecule has 4 heterocycles. The normalized spacial score (nSPS) is 17.6. The van der Waals surface area contributed by atoms with E-state index in [2.05, 4.69) is 54.5 Å². The van der Waals surface area contributed by atoms with Gasteiger partial charge in [0.25, 0.3) is 0 Å². The molecule has 292 valence electrons. The molecule has 4 aromatic rings. The lowest BCUT2D eigenvalue weighted by Crippen LogP contribution is -2.51. The molecule has 6 rings (SSSR count). The molecule has 4 atom stereocenters. The summed E-state index contributed by atoms with van der Waals surface area (Å²) >= 11 is 0. The van der Waals surface area contributed by atoms with Gasteiger partial charge in [-0.1, -0.05) is 51.8 Å². The van der Waals surface area contributed by atoms with E-state index in [0.717, 1.165) is 46.9 Å². The summed E-state index contributed by atoms with van der Waals surface area (Å²) in [6, 6.07) is 12.0. The van der Waals surface area contributed by atoms with Gasteiger partial charge in [0.2, 0.25) is 11.8 Å². The number of likely N-dealkylation sites (tertiary alicyclic amines) is 2. The van der Waals surface area contributed by atoms with Gasteiger partial charge in [0.15, 0.2) is 5.69 Å². The number of imidazole rings is 2. The van der Waals surface area contributed by atoms with Crippen LogP contribution >= 0.6 is 0 Å². The molecule has 0 unspecified atom stereocenters. The van der Waals surface area contributed by atoms with Crippen LogP contribution in [0.1, 0.15) is 94.1 Å². The summed E-state index contributed by atoms with van der Waals surface area (Å²) < 4.78 is 9.48. The number of aromatic amines is 2. The number of carbonyl (C=O) groups excluding carboxylic acids is 4. The fourth-order valence-electron chi connectivity index (χ4n) is 7.38. The Morgan fingerprint density at radius 2 is 1.38 bits per heavy atom. The van der Waals surface area contributed by atoms with E-state index in [1.54, 1.807) is 16.0 Å². The molecule has 2 fully saturated rings. The second-order valence-corrected chi connectivity index (χ2v) is 14.8. The number of H-pyrrole nitrogens is 2. The lowest BCUT2D eigenvalue weighted by atomic mass is 10.0. The first kappa shape index (κ1) is 39.3. The molecular weight excluding hydrogens is 715 g/mol. The molecule has 2 aliphatic heterocycles. The van der Waals surface area contributed by atoms with Crippen LogP contribution in [0.2, 0.25) is 0 Å². The zero-order chi connectivity index (χ0) is 40.1. The number of amides is 4. The molecule has 0 bridgehead atoms. The predicted molar refractivity (Wildman–Crippen MR) is 207 cm³/mol. The van der Waals surface area contributed by atoms with Crippen molar-refractivity contribution in [2.75, 3.05) is 27.3 Å². The largest absolute Gasteiger partial charge is 0.453 e. The van der Waals surface area contributed by atoms with Crippen molar-refractivity contribution in [1.82, 2.24) is 40.4 Å². The number of carbonyl (C=O) groups is 4. The number of fused-ring (bicyclic) bond motifs is 1. The molecule has 15 heteroatoms. The molecule has 0 radical (unpaired) electrons. The van der Waals surface area contributed by atoms with E-state index in [9.17, 15) is 24.4 Å². The average molecular weight is 762 g/mol. The monoisotopic (exact) mass is 761 g/mol. The molecule has 56 heavy (non-hydrogen) atoms. The highest BCUT2D eigenvalue weighted by Gasteiger charge is 2.39. The Morgan fingerprint density at radius 3 is 1.95 bits per heavy atom. The van der Waals surface area contributed by atoms with E-state index < -0.39 is 24.3 Å². The minimum atomic E-state index is -0.768. The Labute approximate surface area is 325 Å². The van der Waals surface area contributed by atoms with Crippen LogP contribution in [0.25, 0.3) is 22.0 Å². The van der Waals surface area contributed by atoms with Crippen LogP contribution in [-0.4, -0.2) is 93.1 Å². The zero-order valence-electron chi connectivity index (χ0n) is 32.4. The SMILES string of the molecule is COC(=O)N[C@H](C(=O)N1CCC[C@H]1c1ncc(-c2ccc3cc(C#Cc4[nH]c([C@@H]5CCCN5C(=O)[C@@H](NC(=O)OC)C(C)C)nc4C#N)ccc3c2)[nH]1)C(C)C. The average Bonchev–Trinajstić information content (AvgIpc) is 4.03. The summed E-state index contributed by atoms with van der Waals surface area (Å²) in [7, 11) is 2.53. The highest BCUT2D eigenvalue weighted by atomic mass is 16.5. The molecule has 0 spiro atoms. The van der Waals surface area contributed by atoms with Crippen molar-refractivity contribution in [3.05, 3.63) is 71.2 Å². The molecule has 0 saturated carbocycles. The predicted octanol–water partition coefficient (Wildman–Crippen LogP) is 5.31. The summed E-state index contributed by atoms with van der Waals surface area (Å²) in [5.74, 6) is 6.72. The van der Waals surface area contributed by atoms with E-state index in [1.807, 2.05) is 58.0 Å². The van der Waals surface area contributed by atoms with Crippen LogP contribution in [0.3, 0.4) is 0 Å². The van der Waals surface area contributed by atoms with Crippen LogP contribution in [0.15, 0.2) is 42.6 Å². The fraction of sp³-hybridized carbons (Fsp3) is 0.439. The van der Waals surface area contributed by atoms with E-state index in [-0.39, 0.29) is 41.4 Å². The summed E-state index contributed by atoms with van der Waals surface area (Å²) in [5.41, 5.74) is 3.00. The van der Waals surface area contributed by atoms with Crippen molar-refractivity contribution in [2.24, 2.45) is 11.8 Å². The zero-order valence-corrected chi connectivity index (χ0v) is 32.4. The van der Waals surface area contributed by atoms with Crippen LogP contribution in [0.4, 0.5) is 9.59 Å². The van der Waals surface area contributed by atoms with Gasteiger partial charge in [-0.2, -0.15) is 5.26 Å². The first-order valence-electron chi connectivity index (χ1n) is 18.8. The van der Waals surface area contributed by atoms with Gasteiger partial charge in [-0.3, -0.25) is 9.59 Å². The molecule has 2 aliphatic rings. The second kappa shape index (κ2) is 17.0. The first-order valence-corrected chi connectivity index (χ1v) is 18.8. The van der Waals surface area contributed by atoms with E-state index in [1.165, 1.54) is 14.2 Å². The minimum Gasteiger partial charge on any atom is -0.453 e. The Balaban J connectivity index is 1.17. The molecule has 2 aromatic carbocycles. The van der Waals surface area contributed by atoms with Gasteiger partial charge >= 0.3 is 12.2 Å². The Bertz CT molecular complexity index is 2220. The molecule has 2 aromatic heterocycles. The smallest absolute Gasteiger partial charge is 0.407 e. The molecule has 15 nitrogen and oxygen atoms in total. The minimum absolute atomic E-state index is 0.123. The van der Waals surface area contributed by atoms with Gasteiger partial charge in [-0.25, -0.2) is 19.6 Å². The molecule has 2 saturated heterocycles. The van der Waals surface area contributed by atoms with Crippen LogP contribution in [0, 0.1) is 35.0 Å². The van der Waals surface area contributed by atoms with Gasteiger partial charge in [0.1, 0.15) is 35.5 Å². The Morgan fingerprint density at radius 1 is 0.804 bits per heavy atom. The van der Waals surface area contributed by atoms with E-state index in [4.69, 9.17) is 9.47 Å². The van der Waals surface area contributed by atoms with Crippen molar-refractivity contribution >= 4 is 34.8 Å². The summed E-state index contributed by atoms with van der Waals surface area (Å²) in [6.45, 7) is 8.55. The summed E-state index contributed by atoms with van der Waals surface area (Å²) in [6.07, 6.45) is 3.45. The third-order valence-corrected chi connectivity index (χ3v) is 10.4. The molecule has 0 aliphatic carbocycles. The number of aromatic nitrogens is 4. The van der Waals surface area contributed by atoms with Crippen molar-refractivity contribution in [2.45, 2.75) is 77.5 Å². The van der Waals surface area contributed by atoms with Gasteiger partial charge < -0.3 is 39.9 Å². The summed E-state index contributed by atoms with van der Waals surface area (Å²) in [4.78, 5) is 70.3. The number of nitrogens with zero attached hydrogens (tertiary/aromatic N) is 5. The molecule has 4 amide bonds. The summed E-state index contributed by atoms with van der Waals surface area (Å²) in [5, 5.41) is 17.2. The number of rotatable bonds is 9. The van der Waals surface area contributed by atoms with E-state index >= 15 is 0 Å². The number of hydrogen-bond acceptors (Lipinski definition) is 9. The Kier molecular flexibility index (Phi) is 11.9. The molecule has 4 N–H and O–H groups in total. The maximum absolute atomic E-state index is 13.6. The van der Waals surface area contributed by atoms with Gasteiger partial charge in [0.05, 0.1) is 38.2 Å². The van der Waals surface area contributed by atoms with Gasteiger partial charge in [-0.15, -0.1) is 0 Å². The second-order valence-electron chi connectivity index (χ2n) is 14.8. The van der Waals surface area contributed by atoms with Crippen molar-refractivity contribution < 1.29 is 28.7 Å². The number of nitrogens with one attached hydrogen (secondary N) is 4. The number of hydrogen-bond donors (Lipinski definition) is 4. The van der Waals surface area contributed by atoms with Crippen molar-refractivity contribution in [3.8, 4) is 29.2 Å². The highest BCUT2D eigenvalue weighted by Crippen LogP contribution is 2.34. The third-order valence-electron chi connectivity index (χ3n) is 10.4. The van der Waals surface area contributed by atoms with Crippen LogP contribution in [-0.2, 0) is 19.1 Å². The topological polar surface area (TPSA) is 198 Å². The lowest BCUT2D eigenvalue weighted by Gasteiger charge is -2.30. The van der Waals surface area contributed by atoms with Crippen LogP contribution in [0.5, 0.6) is 0 Å². The number of methoxy groups -OCH3 is 2. The van der Waals surface area contributed by atoms with Crippen molar-refractivity contribution in [1.29, 1.82) is 5.26 Å². The quantitative estimate of drug-likeness (QED) is 0.163. The maximum Gasteiger partial charge on any atom is 0.407 e. The van der Waals surface area contributed by atoms with Gasteiger partial charge in [0, 0.05) is 24.2 Å². The molecular formula is C41H47N9O6. The van der Waals surface area contributed by atoms with Crippen LogP contribution < -0.4 is 10.6 Å². The third kappa shape index (κ3) is 8.32. The highest BCUT2D eigenvalue weighted by molar-refractivity contribution is 5.89. The Hall–Kier alpha value is -6.35. The van der Waals surface area contributed by atoms with Crippen molar-refractivity contribution in [3.63, 3.8) is 0 Å². The lowest BCUT2D eigenvalue weighted by molar-refractivity contribution is -0.136. The maximum atomic E-state index is 13.6. The van der Waals surface area contributed by atoms with Gasteiger partial charge in [-0.05, 0) is 72.4 Å².